The third kappa shape index (κ3) is 2.94. The van der Waals surface area contributed by atoms with Gasteiger partial charge in [-0.05, 0) is 64.3 Å². The molecular formula is C16H16BrN3O. The normalized spacial score (nSPS) is 13.6. The van der Waals surface area contributed by atoms with Gasteiger partial charge in [-0.3, -0.25) is 4.79 Å². The molecule has 1 aliphatic rings. The summed E-state index contributed by atoms with van der Waals surface area (Å²) in [7, 11) is 0. The molecule has 5 heteroatoms. The van der Waals surface area contributed by atoms with Crippen molar-refractivity contribution in [2.24, 2.45) is 5.73 Å². The molecule has 0 unspecified atom stereocenters. The zero-order valence-electron chi connectivity index (χ0n) is 11.4. The Kier molecular flexibility index (Phi) is 3.94. The van der Waals surface area contributed by atoms with Crippen LogP contribution in [0.3, 0.4) is 0 Å². The van der Waals surface area contributed by atoms with E-state index in [1.807, 2.05) is 6.07 Å². The lowest BCUT2D eigenvalue weighted by molar-refractivity contribution is 0.100. The fourth-order valence-electron chi connectivity index (χ4n) is 2.56. The van der Waals surface area contributed by atoms with Crippen LogP contribution in [0.5, 0.6) is 0 Å². The van der Waals surface area contributed by atoms with Gasteiger partial charge < -0.3 is 16.4 Å². The van der Waals surface area contributed by atoms with Crippen molar-refractivity contribution in [2.75, 3.05) is 11.9 Å². The van der Waals surface area contributed by atoms with E-state index in [1.54, 1.807) is 12.1 Å². The first-order valence-electron chi connectivity index (χ1n) is 6.83. The number of rotatable bonds is 3. The van der Waals surface area contributed by atoms with Gasteiger partial charge in [0.25, 0.3) is 0 Å². The van der Waals surface area contributed by atoms with E-state index in [2.05, 4.69) is 44.8 Å². The molecule has 3 rings (SSSR count). The maximum absolute atomic E-state index is 11.2. The second-order valence-corrected chi connectivity index (χ2v) is 5.91. The SMILES string of the molecule is NC(=O)c1ccc(Nc2cccc3c2CCNC3)c(Br)c1. The predicted molar refractivity (Wildman–Crippen MR) is 87.8 cm³/mol. The van der Waals surface area contributed by atoms with Crippen molar-refractivity contribution in [1.29, 1.82) is 0 Å². The minimum atomic E-state index is -0.426. The van der Waals surface area contributed by atoms with Crippen LogP contribution in [0.2, 0.25) is 0 Å². The molecule has 0 atom stereocenters. The molecule has 1 heterocycles. The van der Waals surface area contributed by atoms with E-state index in [-0.39, 0.29) is 0 Å². The number of hydrogen-bond donors (Lipinski definition) is 3. The fourth-order valence-corrected chi connectivity index (χ4v) is 3.04. The van der Waals surface area contributed by atoms with Crippen LogP contribution in [-0.4, -0.2) is 12.5 Å². The van der Waals surface area contributed by atoms with Gasteiger partial charge in [-0.25, -0.2) is 0 Å². The van der Waals surface area contributed by atoms with Gasteiger partial charge in [0.15, 0.2) is 0 Å². The first-order valence-corrected chi connectivity index (χ1v) is 7.62. The second kappa shape index (κ2) is 5.87. The van der Waals surface area contributed by atoms with Gasteiger partial charge >= 0.3 is 0 Å². The topological polar surface area (TPSA) is 67.2 Å². The van der Waals surface area contributed by atoms with Gasteiger partial charge in [0.05, 0.1) is 5.69 Å². The molecule has 1 aliphatic heterocycles. The summed E-state index contributed by atoms with van der Waals surface area (Å²) in [5, 5.41) is 6.81. The number of amides is 1. The minimum Gasteiger partial charge on any atom is -0.366 e. The number of anilines is 2. The Balaban J connectivity index is 1.92. The summed E-state index contributed by atoms with van der Waals surface area (Å²) in [6.45, 7) is 1.90. The number of carbonyl (C=O) groups excluding carboxylic acids is 1. The summed E-state index contributed by atoms with van der Waals surface area (Å²) in [4.78, 5) is 11.2. The Bertz CT molecular complexity index is 700. The molecule has 0 saturated carbocycles. The second-order valence-electron chi connectivity index (χ2n) is 5.05. The van der Waals surface area contributed by atoms with E-state index in [0.717, 1.165) is 35.4 Å². The van der Waals surface area contributed by atoms with Gasteiger partial charge in [0.1, 0.15) is 0 Å². The number of primary amides is 1. The number of halogens is 1. The third-order valence-electron chi connectivity index (χ3n) is 3.66. The van der Waals surface area contributed by atoms with Crippen LogP contribution in [-0.2, 0) is 13.0 Å². The summed E-state index contributed by atoms with van der Waals surface area (Å²) in [5.74, 6) is -0.426. The van der Waals surface area contributed by atoms with E-state index in [9.17, 15) is 4.79 Å². The maximum Gasteiger partial charge on any atom is 0.248 e. The smallest absolute Gasteiger partial charge is 0.248 e. The Morgan fingerprint density at radius 3 is 2.86 bits per heavy atom. The van der Waals surface area contributed by atoms with E-state index in [0.29, 0.717) is 5.56 Å². The molecule has 0 fully saturated rings. The lowest BCUT2D eigenvalue weighted by atomic mass is 9.99. The fraction of sp³-hybridized carbons (Fsp3) is 0.188. The highest BCUT2D eigenvalue weighted by Crippen LogP contribution is 2.30. The minimum absolute atomic E-state index is 0.426. The summed E-state index contributed by atoms with van der Waals surface area (Å²) in [5.41, 5.74) is 10.5. The van der Waals surface area contributed by atoms with Gasteiger partial charge in [0.2, 0.25) is 5.91 Å². The summed E-state index contributed by atoms with van der Waals surface area (Å²) >= 11 is 3.49. The molecule has 21 heavy (non-hydrogen) atoms. The monoisotopic (exact) mass is 345 g/mol. The van der Waals surface area contributed by atoms with Crippen LogP contribution in [0, 0.1) is 0 Å². The molecule has 0 aliphatic carbocycles. The largest absolute Gasteiger partial charge is 0.366 e. The van der Waals surface area contributed by atoms with Crippen molar-refractivity contribution in [3.8, 4) is 0 Å². The zero-order chi connectivity index (χ0) is 14.8. The van der Waals surface area contributed by atoms with Crippen molar-refractivity contribution in [3.05, 3.63) is 57.6 Å². The quantitative estimate of drug-likeness (QED) is 0.801. The molecule has 4 N–H and O–H groups in total. The molecule has 108 valence electrons. The van der Waals surface area contributed by atoms with Crippen molar-refractivity contribution in [2.45, 2.75) is 13.0 Å². The number of fused-ring (bicyclic) bond motifs is 1. The van der Waals surface area contributed by atoms with Crippen molar-refractivity contribution in [3.63, 3.8) is 0 Å². The molecule has 1 amide bonds. The first kappa shape index (κ1) is 14.1. The van der Waals surface area contributed by atoms with Crippen LogP contribution in [0.15, 0.2) is 40.9 Å². The first-order chi connectivity index (χ1) is 10.1. The van der Waals surface area contributed by atoms with Gasteiger partial charge in [-0.2, -0.15) is 0 Å². The molecule has 4 nitrogen and oxygen atoms in total. The highest BCUT2D eigenvalue weighted by atomic mass is 79.9. The third-order valence-corrected chi connectivity index (χ3v) is 4.32. The molecule has 2 aromatic carbocycles. The van der Waals surface area contributed by atoms with Crippen LogP contribution < -0.4 is 16.4 Å². The van der Waals surface area contributed by atoms with E-state index >= 15 is 0 Å². The molecule has 0 spiro atoms. The average Bonchev–Trinajstić information content (AvgIpc) is 2.49. The summed E-state index contributed by atoms with van der Waals surface area (Å²) in [6.07, 6.45) is 1.01. The van der Waals surface area contributed by atoms with Crippen LogP contribution in [0.25, 0.3) is 0 Å². The molecule has 0 saturated heterocycles. The average molecular weight is 346 g/mol. The number of nitrogens with two attached hydrogens (primary N) is 1. The van der Waals surface area contributed by atoms with E-state index < -0.39 is 5.91 Å². The summed E-state index contributed by atoms with van der Waals surface area (Å²) < 4.78 is 0.824. The van der Waals surface area contributed by atoms with Crippen LogP contribution >= 0.6 is 15.9 Å². The lowest BCUT2D eigenvalue weighted by Gasteiger charge is -2.21. The van der Waals surface area contributed by atoms with Gasteiger partial charge in [0, 0.05) is 22.3 Å². The van der Waals surface area contributed by atoms with E-state index in [1.165, 1.54) is 11.1 Å². The number of hydrogen-bond acceptors (Lipinski definition) is 3. The van der Waals surface area contributed by atoms with Crippen molar-refractivity contribution >= 4 is 33.2 Å². The van der Waals surface area contributed by atoms with Gasteiger partial charge in [-0.15, -0.1) is 0 Å². The molecule has 0 bridgehead atoms. The number of nitrogens with one attached hydrogen (secondary N) is 2. The molecule has 2 aromatic rings. The molecule has 0 radical (unpaired) electrons. The van der Waals surface area contributed by atoms with Crippen LogP contribution in [0.1, 0.15) is 21.5 Å². The Morgan fingerprint density at radius 2 is 2.10 bits per heavy atom. The van der Waals surface area contributed by atoms with Crippen LogP contribution in [0.4, 0.5) is 11.4 Å². The summed E-state index contributed by atoms with van der Waals surface area (Å²) in [6, 6.07) is 11.6. The Hall–Kier alpha value is -1.85. The highest BCUT2D eigenvalue weighted by Gasteiger charge is 2.13. The van der Waals surface area contributed by atoms with Crippen molar-refractivity contribution < 1.29 is 4.79 Å². The Morgan fingerprint density at radius 1 is 1.24 bits per heavy atom. The molecule has 0 aromatic heterocycles. The number of carbonyl (C=O) groups is 1. The van der Waals surface area contributed by atoms with Gasteiger partial charge in [-0.1, -0.05) is 12.1 Å². The Labute approximate surface area is 131 Å². The zero-order valence-corrected chi connectivity index (χ0v) is 13.0. The van der Waals surface area contributed by atoms with Crippen molar-refractivity contribution in [1.82, 2.24) is 5.32 Å². The predicted octanol–water partition coefficient (Wildman–Crippen LogP) is 2.94. The molecular weight excluding hydrogens is 330 g/mol. The number of benzene rings is 2. The maximum atomic E-state index is 11.2. The lowest BCUT2D eigenvalue weighted by Crippen LogP contribution is -2.24. The highest BCUT2D eigenvalue weighted by molar-refractivity contribution is 9.10. The van der Waals surface area contributed by atoms with E-state index in [4.69, 9.17) is 5.73 Å². The standard InChI is InChI=1S/C16H16BrN3O/c17-13-8-10(16(18)21)4-5-15(13)20-14-3-1-2-11-9-19-7-6-12(11)14/h1-5,8,19-20H,6-7,9H2,(H2,18,21).